The highest BCUT2D eigenvalue weighted by molar-refractivity contribution is 6.31. The van der Waals surface area contributed by atoms with Gasteiger partial charge in [0.15, 0.2) is 11.6 Å². The van der Waals surface area contributed by atoms with Crippen molar-refractivity contribution in [1.29, 1.82) is 0 Å². The number of aromatic nitrogens is 2. The number of nitrogens with one attached hydrogen (secondary N) is 2. The fourth-order valence-electron chi connectivity index (χ4n) is 4.35. The van der Waals surface area contributed by atoms with Gasteiger partial charge in [-0.3, -0.25) is 9.59 Å². The summed E-state index contributed by atoms with van der Waals surface area (Å²) in [5.74, 6) is -5.75. The van der Waals surface area contributed by atoms with Crippen LogP contribution >= 0.6 is 11.6 Å². The number of anilines is 3. The van der Waals surface area contributed by atoms with Crippen LogP contribution in [0.4, 0.5) is 30.6 Å². The molecule has 1 aliphatic carbocycles. The Morgan fingerprint density at radius 2 is 1.75 bits per heavy atom. The molecule has 0 spiro atoms. The lowest BCUT2D eigenvalue weighted by molar-refractivity contribution is -0.143. The van der Waals surface area contributed by atoms with Crippen LogP contribution in [0, 0.1) is 29.3 Å². The summed E-state index contributed by atoms with van der Waals surface area (Å²) in [5, 5.41) is 21.7. The largest absolute Gasteiger partial charge is 0.481 e. The van der Waals surface area contributed by atoms with Gasteiger partial charge >= 0.3 is 23.8 Å². The van der Waals surface area contributed by atoms with E-state index in [1.165, 1.54) is 0 Å². The van der Waals surface area contributed by atoms with Gasteiger partial charge in [0.25, 0.3) is 0 Å². The van der Waals surface area contributed by atoms with Crippen LogP contribution in [-0.4, -0.2) is 27.2 Å². The predicted octanol–water partition coefficient (Wildman–Crippen LogP) is 6.13. The van der Waals surface area contributed by atoms with Crippen LogP contribution in [0.3, 0.4) is 0 Å². The van der Waals surface area contributed by atoms with Crippen molar-refractivity contribution in [3.8, 4) is 0 Å². The molecule has 1 atom stereocenters. The first-order valence-corrected chi connectivity index (χ1v) is 11.6. The first-order chi connectivity index (χ1) is 17.1. The van der Waals surface area contributed by atoms with Crippen LogP contribution in [0.25, 0.3) is 0 Å². The van der Waals surface area contributed by atoms with Gasteiger partial charge in [0.05, 0.1) is 11.6 Å². The van der Waals surface area contributed by atoms with Gasteiger partial charge in [-0.1, -0.05) is 29.7 Å². The molecule has 0 radical (unpaired) electrons. The van der Waals surface area contributed by atoms with Gasteiger partial charge in [0.2, 0.25) is 0 Å². The van der Waals surface area contributed by atoms with Crippen molar-refractivity contribution in [1.82, 2.24) is 10.2 Å². The van der Waals surface area contributed by atoms with E-state index < -0.39 is 46.9 Å². The van der Waals surface area contributed by atoms with E-state index in [9.17, 15) is 27.9 Å². The minimum absolute atomic E-state index is 0.142. The highest BCUT2D eigenvalue weighted by Crippen LogP contribution is 2.41. The van der Waals surface area contributed by atoms with Crippen LogP contribution < -0.4 is 10.6 Å². The number of aliphatic carboxylic acids is 1. The molecular weight excluding hydrogens is 501 g/mol. The molecule has 0 bridgehead atoms. The molecule has 1 heterocycles. The standard InChI is InChI=1S/C24H22ClF3N4O4/c1-11(23(34)35)12-2-4-13(5-3-12)15-7-6-14(8-16(15)25)29-21(33)22-31-32-24(36-22)30-20-10-18(27)17(26)9-19(20)28/h6-13H,2-5H2,1H3,(H,29,33)(H,30,32)(H,34,35). The van der Waals surface area contributed by atoms with E-state index in [0.29, 0.717) is 22.8 Å². The molecule has 1 aliphatic rings. The maximum absolute atomic E-state index is 13.8. The van der Waals surface area contributed by atoms with E-state index in [1.807, 2.05) is 6.07 Å². The van der Waals surface area contributed by atoms with Crippen molar-refractivity contribution in [2.75, 3.05) is 10.6 Å². The summed E-state index contributed by atoms with van der Waals surface area (Å²) in [6, 6.07) is 5.63. The summed E-state index contributed by atoms with van der Waals surface area (Å²) >= 11 is 6.48. The number of carbonyl (C=O) groups is 2. The third-order valence-electron chi connectivity index (χ3n) is 6.44. The number of hydrogen-bond acceptors (Lipinski definition) is 6. The lowest BCUT2D eigenvalue weighted by Crippen LogP contribution is -2.25. The van der Waals surface area contributed by atoms with Crippen molar-refractivity contribution < 1.29 is 32.3 Å². The molecule has 0 aliphatic heterocycles. The molecule has 190 valence electrons. The normalized spacial score (nSPS) is 18.5. The zero-order valence-electron chi connectivity index (χ0n) is 19.0. The first kappa shape index (κ1) is 25.5. The van der Waals surface area contributed by atoms with Crippen LogP contribution in [0.2, 0.25) is 5.02 Å². The van der Waals surface area contributed by atoms with Gasteiger partial charge in [-0.25, -0.2) is 13.2 Å². The zero-order chi connectivity index (χ0) is 26.0. The van der Waals surface area contributed by atoms with Gasteiger partial charge in [-0.15, -0.1) is 5.10 Å². The second-order valence-electron chi connectivity index (χ2n) is 8.71. The first-order valence-electron chi connectivity index (χ1n) is 11.2. The van der Waals surface area contributed by atoms with E-state index >= 15 is 0 Å². The fraction of sp³-hybridized carbons (Fsp3) is 0.333. The van der Waals surface area contributed by atoms with Gasteiger partial charge in [0.1, 0.15) is 5.82 Å². The number of carbonyl (C=O) groups excluding carboxylic acids is 1. The summed E-state index contributed by atoms with van der Waals surface area (Å²) in [6.45, 7) is 1.74. The maximum atomic E-state index is 13.8. The molecule has 1 saturated carbocycles. The second kappa shape index (κ2) is 10.6. The molecule has 2 aromatic carbocycles. The van der Waals surface area contributed by atoms with E-state index in [-0.39, 0.29) is 17.8 Å². The molecule has 1 aromatic heterocycles. The number of benzene rings is 2. The number of nitrogens with zero attached hydrogens (tertiary/aromatic N) is 2. The second-order valence-corrected chi connectivity index (χ2v) is 9.12. The number of rotatable bonds is 7. The number of carboxylic acids is 1. The Hall–Kier alpha value is -3.60. The Morgan fingerprint density at radius 1 is 1.06 bits per heavy atom. The molecule has 8 nitrogen and oxygen atoms in total. The summed E-state index contributed by atoms with van der Waals surface area (Å²) in [7, 11) is 0. The number of carboxylic acid groups (broad SMARTS) is 1. The molecule has 1 fully saturated rings. The maximum Gasteiger partial charge on any atom is 0.320 e. The van der Waals surface area contributed by atoms with Crippen molar-refractivity contribution in [2.24, 2.45) is 11.8 Å². The summed E-state index contributed by atoms with van der Waals surface area (Å²) < 4.78 is 45.3. The van der Waals surface area contributed by atoms with Crippen molar-refractivity contribution in [3.05, 3.63) is 64.3 Å². The minimum atomic E-state index is -1.35. The molecule has 36 heavy (non-hydrogen) atoms. The van der Waals surface area contributed by atoms with Gasteiger partial charge < -0.3 is 20.2 Å². The van der Waals surface area contributed by atoms with E-state index in [0.717, 1.165) is 31.2 Å². The van der Waals surface area contributed by atoms with Gasteiger partial charge in [-0.2, -0.15) is 0 Å². The Kier molecular flexibility index (Phi) is 7.48. The lowest BCUT2D eigenvalue weighted by atomic mass is 9.74. The third kappa shape index (κ3) is 5.62. The molecule has 3 N–H and O–H groups in total. The molecule has 1 amide bonds. The zero-order valence-corrected chi connectivity index (χ0v) is 19.8. The fourth-order valence-corrected chi connectivity index (χ4v) is 4.69. The summed E-state index contributed by atoms with van der Waals surface area (Å²) in [6.07, 6.45) is 3.25. The molecule has 3 aromatic rings. The van der Waals surface area contributed by atoms with E-state index in [1.54, 1.807) is 19.1 Å². The quantitative estimate of drug-likeness (QED) is 0.319. The highest BCUT2D eigenvalue weighted by atomic mass is 35.5. The lowest BCUT2D eigenvalue weighted by Gasteiger charge is -2.31. The highest BCUT2D eigenvalue weighted by Gasteiger charge is 2.30. The van der Waals surface area contributed by atoms with Crippen LogP contribution in [0.5, 0.6) is 0 Å². The topological polar surface area (TPSA) is 117 Å². The minimum Gasteiger partial charge on any atom is -0.481 e. The average molecular weight is 523 g/mol. The molecule has 0 saturated heterocycles. The van der Waals surface area contributed by atoms with Gasteiger partial charge in [-0.05, 0) is 55.2 Å². The molecule has 4 rings (SSSR count). The predicted molar refractivity (Wildman–Crippen MR) is 125 cm³/mol. The van der Waals surface area contributed by atoms with Crippen LogP contribution in [-0.2, 0) is 4.79 Å². The average Bonchev–Trinajstić information content (AvgIpc) is 3.31. The molecular formula is C24H22ClF3N4O4. The Bertz CT molecular complexity index is 1290. The molecule has 1 unspecified atom stereocenters. The van der Waals surface area contributed by atoms with E-state index in [2.05, 4.69) is 20.8 Å². The third-order valence-corrected chi connectivity index (χ3v) is 6.76. The van der Waals surface area contributed by atoms with Crippen molar-refractivity contribution in [3.63, 3.8) is 0 Å². The van der Waals surface area contributed by atoms with E-state index in [4.69, 9.17) is 16.0 Å². The molecule has 12 heteroatoms. The summed E-state index contributed by atoms with van der Waals surface area (Å²) in [5.41, 5.74) is 0.855. The number of hydrogen-bond donors (Lipinski definition) is 3. The summed E-state index contributed by atoms with van der Waals surface area (Å²) in [4.78, 5) is 23.7. The monoisotopic (exact) mass is 522 g/mol. The van der Waals surface area contributed by atoms with Crippen LogP contribution in [0.1, 0.15) is 54.8 Å². The smallest absolute Gasteiger partial charge is 0.320 e. The number of amides is 1. The van der Waals surface area contributed by atoms with Crippen molar-refractivity contribution in [2.45, 2.75) is 38.5 Å². The SMILES string of the molecule is CC(C(=O)O)C1CCC(c2ccc(NC(=O)c3nnc(Nc4cc(F)c(F)cc4F)o3)cc2Cl)CC1. The Morgan fingerprint density at radius 3 is 2.42 bits per heavy atom. The Labute approximate surface area is 208 Å². The van der Waals surface area contributed by atoms with Crippen LogP contribution in [0.15, 0.2) is 34.7 Å². The van der Waals surface area contributed by atoms with Gasteiger partial charge in [0, 0.05) is 22.8 Å². The number of halogens is 4. The Balaban J connectivity index is 1.38. The van der Waals surface area contributed by atoms with Crippen molar-refractivity contribution >= 4 is 40.9 Å².